The number of halogens is 2. The summed E-state index contributed by atoms with van der Waals surface area (Å²) >= 11 is 9.67. The second-order valence-corrected chi connectivity index (χ2v) is 6.20. The van der Waals surface area contributed by atoms with Gasteiger partial charge in [0.1, 0.15) is 5.75 Å². The Morgan fingerprint density at radius 2 is 2.05 bits per heavy atom. The summed E-state index contributed by atoms with van der Waals surface area (Å²) in [6.07, 6.45) is 0.683. The molecule has 1 unspecified atom stereocenters. The number of aryl methyl sites for hydroxylation is 1. The molecule has 0 amide bonds. The van der Waals surface area contributed by atoms with E-state index in [4.69, 9.17) is 22.2 Å². The van der Waals surface area contributed by atoms with E-state index in [1.807, 2.05) is 24.3 Å². The molecule has 112 valence electrons. The zero-order valence-electron chi connectivity index (χ0n) is 12.0. The van der Waals surface area contributed by atoms with Gasteiger partial charge in [-0.25, -0.2) is 0 Å². The van der Waals surface area contributed by atoms with Crippen molar-refractivity contribution in [3.8, 4) is 5.75 Å². The van der Waals surface area contributed by atoms with E-state index >= 15 is 0 Å². The molecule has 21 heavy (non-hydrogen) atoms. The Kier molecular flexibility index (Phi) is 5.65. The first-order valence-corrected chi connectivity index (χ1v) is 7.77. The molecule has 0 aliphatic rings. The molecular formula is C16H18BrClN2O. The number of hydrogen-bond donors (Lipinski definition) is 2. The van der Waals surface area contributed by atoms with Crippen LogP contribution in [0.5, 0.6) is 5.75 Å². The molecule has 0 radical (unpaired) electrons. The minimum Gasteiger partial charge on any atom is -0.496 e. The highest BCUT2D eigenvalue weighted by molar-refractivity contribution is 9.10. The fourth-order valence-corrected chi connectivity index (χ4v) is 3.03. The summed E-state index contributed by atoms with van der Waals surface area (Å²) in [4.78, 5) is 0. The number of methoxy groups -OCH3 is 1. The van der Waals surface area contributed by atoms with Crippen LogP contribution < -0.4 is 16.0 Å². The molecule has 0 saturated carbocycles. The maximum absolute atomic E-state index is 6.09. The highest BCUT2D eigenvalue weighted by Gasteiger charge is 2.16. The van der Waals surface area contributed by atoms with Crippen LogP contribution in [0.25, 0.3) is 0 Å². The Labute approximate surface area is 138 Å². The maximum atomic E-state index is 6.09. The molecule has 0 saturated heterocycles. The smallest absolute Gasteiger partial charge is 0.122 e. The molecule has 0 fully saturated rings. The first-order valence-electron chi connectivity index (χ1n) is 6.59. The van der Waals surface area contributed by atoms with Gasteiger partial charge in [-0.1, -0.05) is 45.2 Å². The van der Waals surface area contributed by atoms with Gasteiger partial charge in [-0.05, 0) is 48.7 Å². The minimum atomic E-state index is -0.0355. The largest absolute Gasteiger partial charge is 0.496 e. The lowest BCUT2D eigenvalue weighted by Gasteiger charge is -2.20. The molecule has 3 N–H and O–H groups in total. The average molecular weight is 370 g/mol. The minimum absolute atomic E-state index is 0.0355. The number of nitrogens with one attached hydrogen (secondary N) is 1. The average Bonchev–Trinajstić information content (AvgIpc) is 2.47. The van der Waals surface area contributed by atoms with Crippen LogP contribution in [0.1, 0.15) is 22.7 Å². The van der Waals surface area contributed by atoms with E-state index < -0.39 is 0 Å². The van der Waals surface area contributed by atoms with Crippen LogP contribution in [-0.2, 0) is 6.42 Å². The molecular weight excluding hydrogens is 352 g/mol. The molecule has 2 rings (SSSR count). The van der Waals surface area contributed by atoms with Gasteiger partial charge in [0.25, 0.3) is 0 Å². The summed E-state index contributed by atoms with van der Waals surface area (Å²) < 4.78 is 6.42. The number of nitrogens with two attached hydrogens (primary N) is 1. The number of rotatable bonds is 5. The molecule has 1 atom stereocenters. The highest BCUT2D eigenvalue weighted by atomic mass is 79.9. The fraction of sp³-hybridized carbons (Fsp3) is 0.250. The normalized spacial score (nSPS) is 12.2. The van der Waals surface area contributed by atoms with Crippen molar-refractivity contribution in [2.45, 2.75) is 19.4 Å². The maximum Gasteiger partial charge on any atom is 0.122 e. The Morgan fingerprint density at radius 3 is 2.71 bits per heavy atom. The number of hydrazine groups is 1. The Morgan fingerprint density at radius 1 is 1.29 bits per heavy atom. The van der Waals surface area contributed by atoms with Crippen LogP contribution in [0.15, 0.2) is 40.9 Å². The van der Waals surface area contributed by atoms with Crippen LogP contribution in [0.3, 0.4) is 0 Å². The van der Waals surface area contributed by atoms with Crippen LogP contribution in [0.2, 0.25) is 5.02 Å². The van der Waals surface area contributed by atoms with Crippen LogP contribution in [-0.4, -0.2) is 7.11 Å². The van der Waals surface area contributed by atoms with Crippen molar-refractivity contribution in [1.82, 2.24) is 5.43 Å². The summed E-state index contributed by atoms with van der Waals surface area (Å²) in [5, 5.41) is 0.685. The van der Waals surface area contributed by atoms with E-state index in [2.05, 4.69) is 40.4 Å². The molecule has 2 aromatic rings. The van der Waals surface area contributed by atoms with Crippen molar-refractivity contribution in [2.24, 2.45) is 5.84 Å². The first-order chi connectivity index (χ1) is 10.0. The summed E-state index contributed by atoms with van der Waals surface area (Å²) in [7, 11) is 1.65. The third-order valence-electron chi connectivity index (χ3n) is 3.39. The molecule has 0 spiro atoms. The Hall–Kier alpha value is -1.07. The Bertz CT molecular complexity index is 634. The summed E-state index contributed by atoms with van der Waals surface area (Å²) in [5.74, 6) is 6.57. The van der Waals surface area contributed by atoms with Crippen molar-refractivity contribution in [2.75, 3.05) is 7.11 Å². The molecule has 0 bridgehead atoms. The lowest BCUT2D eigenvalue weighted by Crippen LogP contribution is -2.30. The highest BCUT2D eigenvalue weighted by Crippen LogP contribution is 2.31. The van der Waals surface area contributed by atoms with Gasteiger partial charge >= 0.3 is 0 Å². The van der Waals surface area contributed by atoms with E-state index in [9.17, 15) is 0 Å². The van der Waals surface area contributed by atoms with Crippen molar-refractivity contribution in [1.29, 1.82) is 0 Å². The van der Waals surface area contributed by atoms with Gasteiger partial charge in [-0.15, -0.1) is 0 Å². The Balaban J connectivity index is 2.35. The lowest BCUT2D eigenvalue weighted by atomic mass is 9.97. The first kappa shape index (κ1) is 16.3. The second kappa shape index (κ2) is 7.27. The topological polar surface area (TPSA) is 47.3 Å². The van der Waals surface area contributed by atoms with Crippen molar-refractivity contribution < 1.29 is 4.74 Å². The SMILES string of the molecule is COc1ccc(Cl)cc1CC(NN)c1cc(C)ccc1Br. The van der Waals surface area contributed by atoms with Crippen molar-refractivity contribution in [3.05, 3.63) is 62.6 Å². The fourth-order valence-electron chi connectivity index (χ4n) is 2.32. The second-order valence-electron chi connectivity index (χ2n) is 4.90. The molecule has 5 heteroatoms. The number of ether oxygens (including phenoxy) is 1. The number of benzene rings is 2. The quantitative estimate of drug-likeness (QED) is 0.614. The predicted octanol–water partition coefficient (Wildman–Crippen LogP) is 4.17. The van der Waals surface area contributed by atoms with Crippen LogP contribution >= 0.6 is 27.5 Å². The van der Waals surface area contributed by atoms with Crippen molar-refractivity contribution in [3.63, 3.8) is 0 Å². The van der Waals surface area contributed by atoms with E-state index in [0.29, 0.717) is 11.4 Å². The van der Waals surface area contributed by atoms with Crippen LogP contribution in [0.4, 0.5) is 0 Å². The summed E-state index contributed by atoms with van der Waals surface area (Å²) in [5.41, 5.74) is 6.19. The van der Waals surface area contributed by atoms with E-state index in [1.165, 1.54) is 5.56 Å². The number of hydrogen-bond acceptors (Lipinski definition) is 3. The van der Waals surface area contributed by atoms with E-state index in [1.54, 1.807) is 7.11 Å². The van der Waals surface area contributed by atoms with Gasteiger partial charge in [0.15, 0.2) is 0 Å². The third-order valence-corrected chi connectivity index (χ3v) is 4.35. The molecule has 2 aromatic carbocycles. The monoisotopic (exact) mass is 368 g/mol. The summed E-state index contributed by atoms with van der Waals surface area (Å²) in [6.45, 7) is 2.06. The zero-order chi connectivity index (χ0) is 15.4. The van der Waals surface area contributed by atoms with E-state index in [-0.39, 0.29) is 6.04 Å². The van der Waals surface area contributed by atoms with Gasteiger partial charge in [0.05, 0.1) is 13.2 Å². The van der Waals surface area contributed by atoms with Gasteiger partial charge in [-0.2, -0.15) is 0 Å². The summed E-state index contributed by atoms with van der Waals surface area (Å²) in [6, 6.07) is 11.8. The molecule has 3 nitrogen and oxygen atoms in total. The molecule has 0 aromatic heterocycles. The van der Waals surface area contributed by atoms with Gasteiger partial charge in [-0.3, -0.25) is 11.3 Å². The van der Waals surface area contributed by atoms with Gasteiger partial charge in [0, 0.05) is 9.50 Å². The van der Waals surface area contributed by atoms with E-state index in [0.717, 1.165) is 21.3 Å². The molecule has 0 aliphatic carbocycles. The third kappa shape index (κ3) is 3.98. The van der Waals surface area contributed by atoms with Crippen molar-refractivity contribution >= 4 is 27.5 Å². The standard InChI is InChI=1S/C16H18BrClN2O/c1-10-3-5-14(17)13(7-10)15(20-19)9-11-8-12(18)4-6-16(11)21-2/h3-8,15,20H,9,19H2,1-2H3. The zero-order valence-corrected chi connectivity index (χ0v) is 14.3. The predicted molar refractivity (Wildman–Crippen MR) is 90.7 cm³/mol. The van der Waals surface area contributed by atoms with Gasteiger partial charge < -0.3 is 4.74 Å². The van der Waals surface area contributed by atoms with Gasteiger partial charge in [0.2, 0.25) is 0 Å². The van der Waals surface area contributed by atoms with Crippen LogP contribution in [0, 0.1) is 6.92 Å². The molecule has 0 heterocycles. The lowest BCUT2D eigenvalue weighted by molar-refractivity contribution is 0.405. The molecule has 0 aliphatic heterocycles.